The van der Waals surface area contributed by atoms with E-state index in [2.05, 4.69) is 5.32 Å². The van der Waals surface area contributed by atoms with E-state index in [1.807, 2.05) is 20.8 Å². The zero-order chi connectivity index (χ0) is 18.7. The maximum absolute atomic E-state index is 12.7. The van der Waals surface area contributed by atoms with Crippen LogP contribution in [0, 0.1) is 0 Å². The van der Waals surface area contributed by atoms with Crippen LogP contribution < -0.4 is 10.2 Å². The second-order valence-corrected chi connectivity index (χ2v) is 9.36. The predicted octanol–water partition coefficient (Wildman–Crippen LogP) is 0.534. The number of sulfonamides is 1. The molecule has 140 valence electrons. The number of carbonyl (C=O) groups excluding carboxylic acids is 1. The maximum Gasteiger partial charge on any atom is 0.275 e. The molecule has 1 amide bonds. The van der Waals surface area contributed by atoms with Gasteiger partial charge in [-0.2, -0.15) is 4.31 Å². The molecule has 1 aromatic carbocycles. The van der Waals surface area contributed by atoms with Crippen molar-refractivity contribution in [1.82, 2.24) is 9.62 Å². The van der Waals surface area contributed by atoms with Crippen LogP contribution in [0.1, 0.15) is 27.2 Å². The molecule has 25 heavy (non-hydrogen) atoms. The van der Waals surface area contributed by atoms with Crippen molar-refractivity contribution in [2.75, 3.05) is 32.7 Å². The Morgan fingerprint density at radius 1 is 1.28 bits per heavy atom. The summed E-state index contributed by atoms with van der Waals surface area (Å²) in [6.45, 7) is 8.35. The Bertz CT molecular complexity index is 714. The summed E-state index contributed by atoms with van der Waals surface area (Å²) in [7, 11) is -3.59. The van der Waals surface area contributed by atoms with Gasteiger partial charge < -0.3 is 10.2 Å². The third-order valence-corrected chi connectivity index (χ3v) is 7.05. The Labute approximate surface area is 155 Å². The van der Waals surface area contributed by atoms with E-state index in [-0.39, 0.29) is 21.4 Å². The fourth-order valence-electron chi connectivity index (χ4n) is 2.75. The molecule has 2 N–H and O–H groups in total. The SMILES string of the molecule is CCC(C)(C)NC(=O)C[NH+]1CCN(S(=O)(=O)c2ccccc2Cl)CC1. The molecule has 0 saturated carbocycles. The van der Waals surface area contributed by atoms with Gasteiger partial charge in [0.2, 0.25) is 10.0 Å². The topological polar surface area (TPSA) is 70.9 Å². The molecule has 0 bridgehead atoms. The summed E-state index contributed by atoms with van der Waals surface area (Å²) in [4.78, 5) is 13.4. The summed E-state index contributed by atoms with van der Waals surface area (Å²) in [5, 5.41) is 3.25. The van der Waals surface area contributed by atoms with Crippen molar-refractivity contribution >= 4 is 27.5 Å². The van der Waals surface area contributed by atoms with Gasteiger partial charge in [-0.3, -0.25) is 4.79 Å². The molecule has 1 aromatic rings. The molecule has 1 aliphatic rings. The van der Waals surface area contributed by atoms with E-state index in [1.165, 1.54) is 10.4 Å². The molecule has 0 atom stereocenters. The monoisotopic (exact) mass is 388 g/mol. The summed E-state index contributed by atoms with van der Waals surface area (Å²) in [5.41, 5.74) is -0.217. The zero-order valence-corrected chi connectivity index (χ0v) is 16.6. The van der Waals surface area contributed by atoms with Crippen LogP contribution in [-0.2, 0) is 14.8 Å². The number of amides is 1. The summed E-state index contributed by atoms with van der Waals surface area (Å²) >= 11 is 6.04. The van der Waals surface area contributed by atoms with Crippen molar-refractivity contribution in [2.45, 2.75) is 37.6 Å². The van der Waals surface area contributed by atoms with Crippen molar-refractivity contribution < 1.29 is 18.1 Å². The van der Waals surface area contributed by atoms with Gasteiger partial charge in [-0.25, -0.2) is 8.42 Å². The summed E-state index contributed by atoms with van der Waals surface area (Å²) < 4.78 is 26.9. The van der Waals surface area contributed by atoms with Crippen LogP contribution in [0.3, 0.4) is 0 Å². The lowest BCUT2D eigenvalue weighted by Crippen LogP contribution is -3.16. The first kappa shape index (κ1) is 20.2. The standard InChI is InChI=1S/C17H26ClN3O3S/c1-4-17(2,3)19-16(22)13-20-9-11-21(12-10-20)25(23,24)15-8-6-5-7-14(15)18/h5-8H,4,9-13H2,1-3H3,(H,19,22)/p+1. The summed E-state index contributed by atoms with van der Waals surface area (Å²) in [6, 6.07) is 6.48. The van der Waals surface area contributed by atoms with Gasteiger partial charge >= 0.3 is 0 Å². The van der Waals surface area contributed by atoms with E-state index < -0.39 is 10.0 Å². The van der Waals surface area contributed by atoms with Crippen molar-refractivity contribution in [2.24, 2.45) is 0 Å². The number of hydrogen-bond donors (Lipinski definition) is 2. The smallest absolute Gasteiger partial charge is 0.275 e. The van der Waals surface area contributed by atoms with Crippen LogP contribution in [0.2, 0.25) is 5.02 Å². The first-order valence-electron chi connectivity index (χ1n) is 8.55. The summed E-state index contributed by atoms with van der Waals surface area (Å²) in [6.07, 6.45) is 0.859. The minimum absolute atomic E-state index is 0.00395. The average molecular weight is 389 g/mol. The predicted molar refractivity (Wildman–Crippen MR) is 98.3 cm³/mol. The van der Waals surface area contributed by atoms with Crippen molar-refractivity contribution in [3.63, 3.8) is 0 Å². The highest BCUT2D eigenvalue weighted by atomic mass is 35.5. The first-order valence-corrected chi connectivity index (χ1v) is 10.4. The molecule has 0 aliphatic carbocycles. The van der Waals surface area contributed by atoms with Gasteiger partial charge in [0.25, 0.3) is 5.91 Å². The minimum Gasteiger partial charge on any atom is -0.346 e. The Morgan fingerprint density at radius 2 is 1.88 bits per heavy atom. The van der Waals surface area contributed by atoms with Gasteiger partial charge in [0.05, 0.1) is 31.2 Å². The van der Waals surface area contributed by atoms with Crippen LogP contribution in [0.5, 0.6) is 0 Å². The molecule has 0 spiro atoms. The molecular formula is C17H27ClN3O3S+. The van der Waals surface area contributed by atoms with Crippen LogP contribution in [0.15, 0.2) is 29.2 Å². The number of benzene rings is 1. The normalized spacial score (nSPS) is 17.4. The first-order chi connectivity index (χ1) is 11.7. The van der Waals surface area contributed by atoms with Crippen molar-refractivity contribution in [3.05, 3.63) is 29.3 Å². The number of nitrogens with zero attached hydrogens (tertiary/aromatic N) is 1. The van der Waals surface area contributed by atoms with E-state index in [1.54, 1.807) is 18.2 Å². The fourth-order valence-corrected chi connectivity index (χ4v) is 4.68. The number of quaternary nitrogens is 1. The van der Waals surface area contributed by atoms with Crippen LogP contribution >= 0.6 is 11.6 Å². The molecular weight excluding hydrogens is 362 g/mol. The maximum atomic E-state index is 12.7. The Balaban J connectivity index is 1.94. The molecule has 1 aliphatic heterocycles. The number of carbonyl (C=O) groups is 1. The molecule has 6 nitrogen and oxygen atoms in total. The van der Waals surface area contributed by atoms with Crippen LogP contribution in [0.25, 0.3) is 0 Å². The number of nitrogens with one attached hydrogen (secondary N) is 2. The van der Waals surface area contributed by atoms with Gasteiger partial charge in [-0.05, 0) is 32.4 Å². The second-order valence-electron chi connectivity index (χ2n) is 7.05. The molecule has 1 fully saturated rings. The minimum atomic E-state index is -3.59. The lowest BCUT2D eigenvalue weighted by atomic mass is 10.0. The summed E-state index contributed by atoms with van der Waals surface area (Å²) in [5.74, 6) is 0.00395. The third-order valence-electron chi connectivity index (χ3n) is 4.66. The highest BCUT2D eigenvalue weighted by Crippen LogP contribution is 2.23. The number of hydrogen-bond acceptors (Lipinski definition) is 3. The number of halogens is 1. The molecule has 1 saturated heterocycles. The molecule has 0 unspecified atom stereocenters. The highest BCUT2D eigenvalue weighted by molar-refractivity contribution is 7.89. The largest absolute Gasteiger partial charge is 0.346 e. The van der Waals surface area contributed by atoms with Crippen LogP contribution in [-0.4, -0.2) is 56.9 Å². The Kier molecular flexibility index (Phi) is 6.48. The zero-order valence-electron chi connectivity index (χ0n) is 15.0. The van der Waals surface area contributed by atoms with Gasteiger partial charge in [0.1, 0.15) is 4.90 Å². The number of piperazine rings is 1. The quantitative estimate of drug-likeness (QED) is 0.747. The molecule has 0 radical (unpaired) electrons. The van der Waals surface area contributed by atoms with Crippen molar-refractivity contribution in [3.8, 4) is 0 Å². The molecule has 8 heteroatoms. The van der Waals surface area contributed by atoms with E-state index in [0.717, 1.165) is 11.3 Å². The highest BCUT2D eigenvalue weighted by Gasteiger charge is 2.32. The Morgan fingerprint density at radius 3 is 2.44 bits per heavy atom. The molecule has 0 aromatic heterocycles. The Hall–Kier alpha value is -1.15. The van der Waals surface area contributed by atoms with Gasteiger partial charge in [0, 0.05) is 5.54 Å². The van der Waals surface area contributed by atoms with Crippen molar-refractivity contribution in [1.29, 1.82) is 0 Å². The lowest BCUT2D eigenvalue weighted by Gasteiger charge is -2.32. The molecule has 1 heterocycles. The third kappa shape index (κ3) is 5.17. The van der Waals surface area contributed by atoms with E-state index in [9.17, 15) is 13.2 Å². The van der Waals surface area contributed by atoms with Gasteiger partial charge in [-0.1, -0.05) is 30.7 Å². The number of rotatable bonds is 6. The van der Waals surface area contributed by atoms with Gasteiger partial charge in [0.15, 0.2) is 6.54 Å². The van der Waals surface area contributed by atoms with E-state index >= 15 is 0 Å². The molecule has 2 rings (SSSR count). The van der Waals surface area contributed by atoms with Gasteiger partial charge in [-0.15, -0.1) is 0 Å². The average Bonchev–Trinajstić information content (AvgIpc) is 2.55. The lowest BCUT2D eigenvalue weighted by molar-refractivity contribution is -0.895. The van der Waals surface area contributed by atoms with E-state index in [0.29, 0.717) is 32.7 Å². The second kappa shape index (κ2) is 8.03. The fraction of sp³-hybridized carbons (Fsp3) is 0.588. The van der Waals surface area contributed by atoms with E-state index in [4.69, 9.17) is 11.6 Å². The van der Waals surface area contributed by atoms with Crippen LogP contribution in [0.4, 0.5) is 0 Å².